The number of ether oxygens (including phenoxy) is 2. The number of carbonyl (C=O) groups excluding carboxylic acids is 1. The van der Waals surface area contributed by atoms with Gasteiger partial charge in [-0.05, 0) is 66.7 Å². The van der Waals surface area contributed by atoms with Gasteiger partial charge in [-0.15, -0.1) is 43.1 Å². The molecule has 6 aromatic heterocycles. The first-order valence-corrected chi connectivity index (χ1v) is 21.6. The summed E-state index contributed by atoms with van der Waals surface area (Å²) >= 11 is 15.6. The molecule has 0 radical (unpaired) electrons. The summed E-state index contributed by atoms with van der Waals surface area (Å²) in [5.41, 5.74) is 4.96. The van der Waals surface area contributed by atoms with Gasteiger partial charge in [-0.2, -0.15) is 9.61 Å². The number of methoxy groups -OCH3 is 2. The minimum Gasteiger partial charge on any atom is -0.496 e. The number of nitrogens with zero attached hydrogens (tertiary/aromatic N) is 9. The summed E-state index contributed by atoms with van der Waals surface area (Å²) in [7, 11) is 11.3. The van der Waals surface area contributed by atoms with Crippen LogP contribution in [0, 0.1) is 0 Å². The van der Waals surface area contributed by atoms with Crippen LogP contribution in [0.15, 0.2) is 66.7 Å². The third-order valence-corrected chi connectivity index (χ3v) is 12.2. The number of hydrogen-bond donors (Lipinski definition) is 1. The number of rotatable bonds is 8. The van der Waals surface area contributed by atoms with Crippen molar-refractivity contribution in [2.75, 3.05) is 52.2 Å². The quantitative estimate of drug-likeness (QED) is 0.147. The lowest BCUT2D eigenvalue weighted by atomic mass is 9.91. The Morgan fingerprint density at radius 1 is 0.689 bits per heavy atom. The highest BCUT2D eigenvalue weighted by Gasteiger charge is 2.26. The minimum atomic E-state index is -0.163. The molecule has 0 unspecified atom stereocenters. The number of anilines is 2. The Hall–Kier alpha value is -5.48. The molecule has 1 N–H and O–H groups in total. The van der Waals surface area contributed by atoms with E-state index in [1.54, 1.807) is 42.2 Å². The van der Waals surface area contributed by atoms with Gasteiger partial charge in [0.1, 0.15) is 11.5 Å². The normalized spacial score (nSPS) is 11.9. The van der Waals surface area contributed by atoms with Gasteiger partial charge >= 0.3 is 0 Å². The SMILES string of the molecule is CN(C)c1ccc(C=O)s1.COc1ccc(Cl)cc1-c1nnc2/c(=C\c3ccc(N(C)C)s3)c(C(C)(C)C)nn12.COc1ccc(Cl)cc1-c1nnc2cc(C(C)(C)C)[nH]n12. The fourth-order valence-corrected chi connectivity index (χ4v) is 8.12. The van der Waals surface area contributed by atoms with Crippen molar-refractivity contribution in [1.82, 2.24) is 39.6 Å². The van der Waals surface area contributed by atoms with Crippen LogP contribution >= 0.6 is 45.9 Å². The van der Waals surface area contributed by atoms with Gasteiger partial charge in [0, 0.05) is 70.9 Å². The maximum Gasteiger partial charge on any atom is 0.189 e. The van der Waals surface area contributed by atoms with Crippen LogP contribution in [0.25, 0.3) is 40.1 Å². The van der Waals surface area contributed by atoms with Gasteiger partial charge in [-0.3, -0.25) is 9.89 Å². The summed E-state index contributed by atoms with van der Waals surface area (Å²) < 4.78 is 14.6. The fourth-order valence-electron chi connectivity index (χ4n) is 6.16. The van der Waals surface area contributed by atoms with E-state index in [0.717, 1.165) is 60.1 Å². The van der Waals surface area contributed by atoms with Crippen LogP contribution in [-0.4, -0.2) is 88.3 Å². The van der Waals surface area contributed by atoms with Gasteiger partial charge in [0.05, 0.1) is 45.9 Å². The molecular weight excluding hydrogens is 852 g/mol. The van der Waals surface area contributed by atoms with Crippen molar-refractivity contribution < 1.29 is 14.3 Å². The molecule has 2 aromatic carbocycles. The van der Waals surface area contributed by atoms with E-state index in [9.17, 15) is 4.79 Å². The predicted octanol–water partition coefficient (Wildman–Crippen LogP) is 9.74. The summed E-state index contributed by atoms with van der Waals surface area (Å²) in [6.07, 6.45) is 3.02. The van der Waals surface area contributed by atoms with E-state index in [1.807, 2.05) is 80.1 Å². The summed E-state index contributed by atoms with van der Waals surface area (Å²) in [6.45, 7) is 12.9. The smallest absolute Gasteiger partial charge is 0.189 e. The van der Waals surface area contributed by atoms with Crippen LogP contribution in [0.4, 0.5) is 10.0 Å². The molecule has 0 spiro atoms. The molecule has 13 nitrogen and oxygen atoms in total. The molecule has 0 aliphatic carbocycles. The maximum absolute atomic E-state index is 10.2. The lowest BCUT2D eigenvalue weighted by molar-refractivity contribution is 0.112. The highest BCUT2D eigenvalue weighted by atomic mass is 35.5. The molecule has 320 valence electrons. The Labute approximate surface area is 373 Å². The molecule has 0 aliphatic rings. The molecule has 8 aromatic rings. The van der Waals surface area contributed by atoms with Crippen LogP contribution < -0.4 is 24.5 Å². The number of aldehydes is 1. The monoisotopic (exact) mass is 900 g/mol. The largest absolute Gasteiger partial charge is 0.496 e. The van der Waals surface area contributed by atoms with E-state index in [4.69, 9.17) is 37.8 Å². The fraction of sp³-hybridized carbons (Fsp3) is 0.318. The van der Waals surface area contributed by atoms with Crippen molar-refractivity contribution in [3.8, 4) is 34.3 Å². The predicted molar refractivity (Wildman–Crippen MR) is 251 cm³/mol. The lowest BCUT2D eigenvalue weighted by Crippen LogP contribution is -2.22. The number of hydrogen-bond acceptors (Lipinski definition) is 12. The lowest BCUT2D eigenvalue weighted by Gasteiger charge is -2.15. The van der Waals surface area contributed by atoms with E-state index in [2.05, 4.69) is 90.1 Å². The second-order valence-electron chi connectivity index (χ2n) is 16.5. The number of aromatic amines is 1. The van der Waals surface area contributed by atoms with Crippen LogP contribution in [0.5, 0.6) is 11.5 Å². The molecule has 0 fully saturated rings. The summed E-state index contributed by atoms with van der Waals surface area (Å²) in [5, 5.41) is 30.2. The summed E-state index contributed by atoms with van der Waals surface area (Å²) in [6, 6.07) is 20.9. The van der Waals surface area contributed by atoms with Crippen LogP contribution in [0.3, 0.4) is 0 Å². The second kappa shape index (κ2) is 18.2. The molecule has 17 heteroatoms. The zero-order chi connectivity index (χ0) is 44.4. The molecule has 0 aliphatic heterocycles. The van der Waals surface area contributed by atoms with Crippen molar-refractivity contribution in [2.45, 2.75) is 52.4 Å². The van der Waals surface area contributed by atoms with Crippen LogP contribution in [-0.2, 0) is 10.8 Å². The van der Waals surface area contributed by atoms with E-state index >= 15 is 0 Å². The molecule has 0 saturated carbocycles. The number of carbonyl (C=O) groups is 1. The van der Waals surface area contributed by atoms with Crippen molar-refractivity contribution in [1.29, 1.82) is 0 Å². The Kier molecular flexibility index (Phi) is 13.5. The molecule has 8 rings (SSSR count). The number of thiophene rings is 2. The third kappa shape index (κ3) is 10.0. The van der Waals surface area contributed by atoms with E-state index < -0.39 is 0 Å². The number of H-pyrrole nitrogens is 1. The number of aromatic nitrogens is 8. The topological polar surface area (TPSA) is 131 Å². The standard InChI is InChI=1S/C22H24ClN5OS.C15H17ClN4O.C7H9NOS/c1-22(2,3)19-16(12-14-8-10-18(30-14)27(4)5)21-25-24-20(28(21)26-19)15-11-13(23)7-9-17(15)29-6;1-15(2,3)12-8-13-17-18-14(20(13)19-12)10-7-9(16)5-6-11(10)21-4;1-8(2)7-4-3-6(5-9)10-7/h7-12H,1-6H3;5-8,19H,1-4H3;3-5H,1-2H3/b16-12-;;. The minimum absolute atomic E-state index is 0.0103. The third-order valence-electron chi connectivity index (χ3n) is 9.36. The first-order valence-electron chi connectivity index (χ1n) is 19.2. The van der Waals surface area contributed by atoms with E-state index in [0.29, 0.717) is 33.2 Å². The molecule has 0 amide bonds. The average Bonchev–Trinajstić information content (AvgIpc) is 4.05. The molecule has 0 saturated heterocycles. The first-order chi connectivity index (χ1) is 28.8. The van der Waals surface area contributed by atoms with Crippen molar-refractivity contribution in [3.05, 3.63) is 103 Å². The van der Waals surface area contributed by atoms with Gasteiger partial charge in [-0.1, -0.05) is 64.7 Å². The van der Waals surface area contributed by atoms with Crippen molar-refractivity contribution in [2.24, 2.45) is 0 Å². The van der Waals surface area contributed by atoms with Crippen molar-refractivity contribution in [3.63, 3.8) is 0 Å². The Balaban J connectivity index is 0.000000173. The Bertz CT molecular complexity index is 2840. The van der Waals surface area contributed by atoms with Crippen LogP contribution in [0.1, 0.15) is 67.5 Å². The van der Waals surface area contributed by atoms with Gasteiger partial charge in [-0.25, -0.2) is 4.52 Å². The first kappa shape index (κ1) is 45.1. The number of nitrogens with one attached hydrogen (secondary N) is 1. The zero-order valence-electron chi connectivity index (χ0n) is 36.3. The Morgan fingerprint density at radius 3 is 1.72 bits per heavy atom. The second-order valence-corrected chi connectivity index (χ2v) is 19.6. The van der Waals surface area contributed by atoms with Gasteiger partial charge in [0.25, 0.3) is 0 Å². The molecule has 61 heavy (non-hydrogen) atoms. The zero-order valence-corrected chi connectivity index (χ0v) is 39.5. The highest BCUT2D eigenvalue weighted by Crippen LogP contribution is 2.34. The van der Waals surface area contributed by atoms with Crippen LogP contribution in [0.2, 0.25) is 10.0 Å². The molecular formula is C44H50Cl2N10O3S2. The summed E-state index contributed by atoms with van der Waals surface area (Å²) in [5.74, 6) is 2.67. The number of fused-ring (bicyclic) bond motifs is 2. The molecule has 6 heterocycles. The molecule has 0 atom stereocenters. The summed E-state index contributed by atoms with van der Waals surface area (Å²) in [4.78, 5) is 16.2. The Morgan fingerprint density at radius 2 is 1.23 bits per heavy atom. The van der Waals surface area contributed by atoms with E-state index in [1.165, 1.54) is 16.3 Å². The van der Waals surface area contributed by atoms with E-state index in [-0.39, 0.29) is 10.8 Å². The average molecular weight is 902 g/mol. The van der Waals surface area contributed by atoms with Crippen molar-refractivity contribution >= 4 is 79.5 Å². The van der Waals surface area contributed by atoms with Gasteiger partial charge in [0.2, 0.25) is 0 Å². The molecule has 0 bridgehead atoms. The number of halogens is 2. The van der Waals surface area contributed by atoms with Gasteiger partial charge in [0.15, 0.2) is 29.2 Å². The van der Waals surface area contributed by atoms with Gasteiger partial charge < -0.3 is 19.3 Å². The highest BCUT2D eigenvalue weighted by molar-refractivity contribution is 7.17. The number of benzene rings is 2. The maximum atomic E-state index is 10.2.